The second-order valence-electron chi connectivity index (χ2n) is 4.49. The summed E-state index contributed by atoms with van der Waals surface area (Å²) < 4.78 is 6.76. The highest BCUT2D eigenvalue weighted by Crippen LogP contribution is 2.23. The molecule has 0 radical (unpaired) electrons. The molecule has 3 nitrogen and oxygen atoms in total. The largest absolute Gasteiger partial charge is 0.378 e. The van der Waals surface area contributed by atoms with Gasteiger partial charge in [-0.3, -0.25) is 0 Å². The number of aromatic nitrogens is 1. The fourth-order valence-corrected chi connectivity index (χ4v) is 2.42. The summed E-state index contributed by atoms with van der Waals surface area (Å²) in [4.78, 5) is 4.32. The monoisotopic (exact) mass is 298 g/mol. The Kier molecular flexibility index (Phi) is 4.80. The van der Waals surface area contributed by atoms with Crippen molar-refractivity contribution < 1.29 is 4.74 Å². The highest BCUT2D eigenvalue weighted by molar-refractivity contribution is 9.10. The van der Waals surface area contributed by atoms with E-state index in [1.807, 2.05) is 12.3 Å². The molecule has 1 aromatic heterocycles. The summed E-state index contributed by atoms with van der Waals surface area (Å²) in [6.07, 6.45) is 7.04. The van der Waals surface area contributed by atoms with Crippen molar-refractivity contribution in [3.05, 3.63) is 22.3 Å². The summed E-state index contributed by atoms with van der Waals surface area (Å²) in [6.45, 7) is 3.91. The number of aryl methyl sites for hydroxylation is 1. The van der Waals surface area contributed by atoms with Gasteiger partial charge in [-0.25, -0.2) is 4.98 Å². The van der Waals surface area contributed by atoms with E-state index in [4.69, 9.17) is 4.74 Å². The van der Waals surface area contributed by atoms with Crippen molar-refractivity contribution in [2.45, 2.75) is 38.7 Å². The summed E-state index contributed by atoms with van der Waals surface area (Å²) in [6, 6.07) is 2.00. The second-order valence-corrected chi connectivity index (χ2v) is 5.29. The molecule has 0 aliphatic carbocycles. The first-order valence-electron chi connectivity index (χ1n) is 6.24. The molecule has 1 aliphatic heterocycles. The van der Waals surface area contributed by atoms with E-state index in [2.05, 4.69) is 33.2 Å². The molecule has 17 heavy (non-hydrogen) atoms. The average molecular weight is 299 g/mol. The minimum Gasteiger partial charge on any atom is -0.378 e. The normalized spacial score (nSPS) is 20.2. The Morgan fingerprint density at radius 3 is 3.18 bits per heavy atom. The molecule has 4 heteroatoms. The van der Waals surface area contributed by atoms with Gasteiger partial charge in [-0.1, -0.05) is 0 Å². The first kappa shape index (κ1) is 12.8. The first-order valence-corrected chi connectivity index (χ1v) is 7.03. The molecule has 1 aromatic rings. The third kappa shape index (κ3) is 3.68. The average Bonchev–Trinajstić information content (AvgIpc) is 2.36. The molecular formula is C13H19BrN2O. The number of anilines is 1. The predicted octanol–water partition coefficient (Wildman–Crippen LogP) is 3.52. The first-order chi connectivity index (χ1) is 8.27. The van der Waals surface area contributed by atoms with Gasteiger partial charge in [0.2, 0.25) is 0 Å². The molecule has 2 heterocycles. The van der Waals surface area contributed by atoms with Gasteiger partial charge in [0.05, 0.1) is 10.6 Å². The molecule has 1 N–H and O–H groups in total. The minimum atomic E-state index is 0.430. The molecule has 0 amide bonds. The summed E-state index contributed by atoms with van der Waals surface area (Å²) in [5.74, 6) is 0.931. The van der Waals surface area contributed by atoms with Crippen LogP contribution in [0.1, 0.15) is 31.2 Å². The number of rotatable bonds is 4. The number of nitrogens with one attached hydrogen (secondary N) is 1. The van der Waals surface area contributed by atoms with Crippen molar-refractivity contribution >= 4 is 21.7 Å². The van der Waals surface area contributed by atoms with Crippen LogP contribution in [0.4, 0.5) is 5.82 Å². The third-order valence-corrected chi connectivity index (χ3v) is 4.12. The lowest BCUT2D eigenvalue weighted by Crippen LogP contribution is -2.22. The second kappa shape index (κ2) is 6.36. The molecule has 2 rings (SSSR count). The number of halogens is 1. The van der Waals surface area contributed by atoms with E-state index in [1.54, 1.807) is 0 Å². The van der Waals surface area contributed by atoms with Crippen LogP contribution < -0.4 is 5.32 Å². The standard InChI is InChI=1S/C13H19BrN2O/c1-10-5-7-15-13(12(10)14)16-8-6-11-4-2-3-9-17-11/h5,7,11H,2-4,6,8-9H2,1H3,(H,15,16). The van der Waals surface area contributed by atoms with E-state index in [0.29, 0.717) is 6.10 Å². The highest BCUT2D eigenvalue weighted by Gasteiger charge is 2.13. The van der Waals surface area contributed by atoms with Gasteiger partial charge in [-0.15, -0.1) is 0 Å². The summed E-state index contributed by atoms with van der Waals surface area (Å²) in [5, 5.41) is 3.36. The summed E-state index contributed by atoms with van der Waals surface area (Å²) in [7, 11) is 0. The van der Waals surface area contributed by atoms with E-state index in [0.717, 1.165) is 29.9 Å². The third-order valence-electron chi connectivity index (χ3n) is 3.12. The zero-order valence-corrected chi connectivity index (χ0v) is 11.8. The predicted molar refractivity (Wildman–Crippen MR) is 73.4 cm³/mol. The van der Waals surface area contributed by atoms with Crippen LogP contribution >= 0.6 is 15.9 Å². The van der Waals surface area contributed by atoms with Crippen molar-refractivity contribution in [1.29, 1.82) is 0 Å². The minimum absolute atomic E-state index is 0.430. The number of nitrogens with zero attached hydrogens (tertiary/aromatic N) is 1. The Morgan fingerprint density at radius 2 is 2.41 bits per heavy atom. The zero-order chi connectivity index (χ0) is 12.1. The van der Waals surface area contributed by atoms with Crippen molar-refractivity contribution in [2.24, 2.45) is 0 Å². The lowest BCUT2D eigenvalue weighted by Gasteiger charge is -2.22. The van der Waals surface area contributed by atoms with Gasteiger partial charge >= 0.3 is 0 Å². The molecule has 0 bridgehead atoms. The lowest BCUT2D eigenvalue weighted by molar-refractivity contribution is 0.0134. The quantitative estimate of drug-likeness (QED) is 0.923. The van der Waals surface area contributed by atoms with E-state index < -0.39 is 0 Å². The van der Waals surface area contributed by atoms with Crippen molar-refractivity contribution in [1.82, 2.24) is 4.98 Å². The fraction of sp³-hybridized carbons (Fsp3) is 0.615. The Hall–Kier alpha value is -0.610. The van der Waals surface area contributed by atoms with Gasteiger partial charge in [0.25, 0.3) is 0 Å². The molecule has 0 saturated carbocycles. The number of hydrogen-bond acceptors (Lipinski definition) is 3. The molecular weight excluding hydrogens is 280 g/mol. The van der Waals surface area contributed by atoms with Crippen LogP contribution in [0.15, 0.2) is 16.7 Å². The van der Waals surface area contributed by atoms with Gasteiger partial charge in [0.15, 0.2) is 0 Å². The molecule has 0 spiro atoms. The van der Waals surface area contributed by atoms with Crippen molar-refractivity contribution in [3.8, 4) is 0 Å². The highest BCUT2D eigenvalue weighted by atomic mass is 79.9. The number of ether oxygens (including phenoxy) is 1. The van der Waals surface area contributed by atoms with Crippen LogP contribution in [-0.4, -0.2) is 24.2 Å². The maximum absolute atomic E-state index is 5.70. The van der Waals surface area contributed by atoms with Gasteiger partial charge < -0.3 is 10.1 Å². The van der Waals surface area contributed by atoms with Crippen LogP contribution in [-0.2, 0) is 4.74 Å². The summed E-state index contributed by atoms with van der Waals surface area (Å²) in [5.41, 5.74) is 1.21. The smallest absolute Gasteiger partial charge is 0.140 e. The van der Waals surface area contributed by atoms with E-state index in [9.17, 15) is 0 Å². The van der Waals surface area contributed by atoms with Crippen molar-refractivity contribution in [3.63, 3.8) is 0 Å². The van der Waals surface area contributed by atoms with Gasteiger partial charge in [0, 0.05) is 19.3 Å². The van der Waals surface area contributed by atoms with E-state index in [-0.39, 0.29) is 0 Å². The topological polar surface area (TPSA) is 34.2 Å². The molecule has 0 aromatic carbocycles. The number of pyridine rings is 1. The molecule has 94 valence electrons. The summed E-state index contributed by atoms with van der Waals surface area (Å²) >= 11 is 3.55. The van der Waals surface area contributed by atoms with Gasteiger partial charge in [0.1, 0.15) is 5.82 Å². The lowest BCUT2D eigenvalue weighted by atomic mass is 10.1. The molecule has 1 aliphatic rings. The van der Waals surface area contributed by atoms with Gasteiger partial charge in [-0.2, -0.15) is 0 Å². The Bertz CT molecular complexity index is 364. The molecule has 1 atom stereocenters. The van der Waals surface area contributed by atoms with Crippen LogP contribution in [0.3, 0.4) is 0 Å². The maximum Gasteiger partial charge on any atom is 0.140 e. The molecule has 1 saturated heterocycles. The maximum atomic E-state index is 5.70. The van der Waals surface area contributed by atoms with Crippen molar-refractivity contribution in [2.75, 3.05) is 18.5 Å². The van der Waals surface area contributed by atoms with Crippen LogP contribution in [0.25, 0.3) is 0 Å². The van der Waals surface area contributed by atoms with Crippen LogP contribution in [0, 0.1) is 6.92 Å². The van der Waals surface area contributed by atoms with Crippen LogP contribution in [0.5, 0.6) is 0 Å². The van der Waals surface area contributed by atoms with E-state index in [1.165, 1.54) is 24.8 Å². The molecule has 1 fully saturated rings. The fourth-order valence-electron chi connectivity index (χ4n) is 2.05. The molecule has 1 unspecified atom stereocenters. The Labute approximate surface area is 111 Å². The SMILES string of the molecule is Cc1ccnc(NCCC2CCCCO2)c1Br. The van der Waals surface area contributed by atoms with Crippen LogP contribution in [0.2, 0.25) is 0 Å². The Balaban J connectivity index is 1.79. The number of hydrogen-bond donors (Lipinski definition) is 1. The van der Waals surface area contributed by atoms with E-state index >= 15 is 0 Å². The van der Waals surface area contributed by atoms with Gasteiger partial charge in [-0.05, 0) is 60.2 Å². The Morgan fingerprint density at radius 1 is 1.53 bits per heavy atom. The zero-order valence-electron chi connectivity index (χ0n) is 10.2.